The molecule has 0 aromatic rings. The predicted octanol–water partition coefficient (Wildman–Crippen LogP) is 7.56. The number of rotatable bonds is 16. The number of hydrogen-bond donors (Lipinski definition) is 0. The van der Waals surface area contributed by atoms with Crippen LogP contribution in [0.15, 0.2) is 0 Å². The predicted molar refractivity (Wildman–Crippen MR) is 118 cm³/mol. The van der Waals surface area contributed by atoms with Crippen LogP contribution >= 0.6 is 0 Å². The normalized spacial score (nSPS) is 14.6. The molecule has 2 nitrogen and oxygen atoms in total. The molecule has 0 aliphatic rings. The molecular weight excluding hydrogens is 340 g/mol. The summed E-state index contributed by atoms with van der Waals surface area (Å²) in [7, 11) is -3.01. The Morgan fingerprint density at radius 3 is 1.50 bits per heavy atom. The summed E-state index contributed by atoms with van der Waals surface area (Å²) in [4.78, 5) is 0. The Balaban J connectivity index is 3.89. The Bertz CT molecular complexity index is 449. The van der Waals surface area contributed by atoms with Crippen LogP contribution in [0.5, 0.6) is 0 Å². The van der Waals surface area contributed by atoms with Gasteiger partial charge in [-0.2, -0.15) is 0 Å². The monoisotopic (exact) mass is 388 g/mol. The third-order valence-corrected chi connectivity index (χ3v) is 8.61. The van der Waals surface area contributed by atoms with E-state index in [1.54, 1.807) is 0 Å². The highest BCUT2D eigenvalue weighted by Gasteiger charge is 2.38. The van der Waals surface area contributed by atoms with Crippen molar-refractivity contribution in [3.63, 3.8) is 0 Å². The summed E-state index contributed by atoms with van der Waals surface area (Å²) >= 11 is 0. The smallest absolute Gasteiger partial charge is 0.152 e. The fourth-order valence-corrected chi connectivity index (χ4v) is 4.54. The maximum Gasteiger partial charge on any atom is 0.152 e. The van der Waals surface area contributed by atoms with Crippen molar-refractivity contribution in [2.45, 2.75) is 130 Å². The minimum Gasteiger partial charge on any atom is -0.229 e. The highest BCUT2D eigenvalue weighted by Crippen LogP contribution is 2.40. The van der Waals surface area contributed by atoms with Gasteiger partial charge in [0.05, 0.1) is 4.75 Å². The highest BCUT2D eigenvalue weighted by atomic mass is 32.2. The Hall–Kier alpha value is -0.0500. The molecule has 0 spiro atoms. The van der Waals surface area contributed by atoms with Crippen molar-refractivity contribution in [3.8, 4) is 0 Å². The van der Waals surface area contributed by atoms with Gasteiger partial charge in [-0.15, -0.1) is 0 Å². The Morgan fingerprint density at radius 2 is 1.12 bits per heavy atom. The maximum atomic E-state index is 12.0. The van der Waals surface area contributed by atoms with Crippen molar-refractivity contribution < 1.29 is 8.42 Å². The fraction of sp³-hybridized carbons (Fsp3) is 1.00. The second kappa shape index (κ2) is 12.4. The lowest BCUT2D eigenvalue weighted by Crippen LogP contribution is -2.38. The van der Waals surface area contributed by atoms with Crippen molar-refractivity contribution in [1.82, 2.24) is 0 Å². The van der Waals surface area contributed by atoms with Crippen LogP contribution in [0, 0.1) is 11.3 Å². The van der Waals surface area contributed by atoms with E-state index in [9.17, 15) is 8.42 Å². The van der Waals surface area contributed by atoms with Gasteiger partial charge in [0.25, 0.3) is 0 Å². The summed E-state index contributed by atoms with van der Waals surface area (Å²) in [5, 5.41) is 0. The van der Waals surface area contributed by atoms with E-state index in [1.165, 1.54) is 83.3 Å². The third kappa shape index (κ3) is 10.9. The standard InChI is InChI=1S/C23H48O2S/c1-8-9-10-11-12-13-14-15-16-17-18-19-21(2)22(3,4)20-23(5,6)26(7,24)25/h21H,8-20H2,1-7H3. The van der Waals surface area contributed by atoms with Gasteiger partial charge < -0.3 is 0 Å². The molecule has 0 aliphatic carbocycles. The third-order valence-electron chi connectivity index (χ3n) is 6.46. The van der Waals surface area contributed by atoms with E-state index in [-0.39, 0.29) is 5.41 Å². The average Bonchev–Trinajstić information content (AvgIpc) is 2.50. The molecule has 158 valence electrons. The quantitative estimate of drug-likeness (QED) is 0.256. The Morgan fingerprint density at radius 1 is 0.731 bits per heavy atom. The molecule has 0 aliphatic heterocycles. The molecule has 0 saturated heterocycles. The molecule has 0 heterocycles. The van der Waals surface area contributed by atoms with E-state index in [2.05, 4.69) is 27.7 Å². The molecule has 0 radical (unpaired) electrons. The zero-order chi connectivity index (χ0) is 20.3. The molecular formula is C23H48O2S. The first kappa shape index (κ1) is 26.0. The first-order chi connectivity index (χ1) is 11.9. The van der Waals surface area contributed by atoms with Gasteiger partial charge in [-0.05, 0) is 31.6 Å². The molecule has 0 bridgehead atoms. The van der Waals surface area contributed by atoms with Crippen LogP contribution in [0.25, 0.3) is 0 Å². The van der Waals surface area contributed by atoms with Gasteiger partial charge in [-0.3, -0.25) is 0 Å². The van der Waals surface area contributed by atoms with E-state index in [0.717, 1.165) is 6.42 Å². The lowest BCUT2D eigenvalue weighted by atomic mass is 9.72. The second-order valence-corrected chi connectivity index (χ2v) is 12.6. The SMILES string of the molecule is CCCCCCCCCCCCCC(C)C(C)(C)CC(C)(C)S(C)(=O)=O. The van der Waals surface area contributed by atoms with Crippen molar-refractivity contribution in [2.75, 3.05) is 6.26 Å². The zero-order valence-electron chi connectivity index (χ0n) is 19.0. The molecule has 0 saturated carbocycles. The van der Waals surface area contributed by atoms with Gasteiger partial charge in [-0.1, -0.05) is 105 Å². The molecule has 0 N–H and O–H groups in total. The topological polar surface area (TPSA) is 34.1 Å². The summed E-state index contributed by atoms with van der Waals surface area (Å²) in [6, 6.07) is 0. The maximum absolute atomic E-state index is 12.0. The molecule has 1 atom stereocenters. The van der Waals surface area contributed by atoms with Gasteiger partial charge >= 0.3 is 0 Å². The van der Waals surface area contributed by atoms with Crippen molar-refractivity contribution >= 4 is 9.84 Å². The Labute approximate surface area is 165 Å². The highest BCUT2D eigenvalue weighted by molar-refractivity contribution is 7.92. The van der Waals surface area contributed by atoms with Crippen molar-refractivity contribution in [3.05, 3.63) is 0 Å². The van der Waals surface area contributed by atoms with Gasteiger partial charge in [0.15, 0.2) is 9.84 Å². The molecule has 0 aromatic heterocycles. The summed E-state index contributed by atoms with van der Waals surface area (Å²) in [5.41, 5.74) is 0.0606. The number of hydrogen-bond acceptors (Lipinski definition) is 2. The average molecular weight is 389 g/mol. The van der Waals surface area contributed by atoms with Crippen molar-refractivity contribution in [2.24, 2.45) is 11.3 Å². The first-order valence-corrected chi connectivity index (χ1v) is 13.0. The Kier molecular flexibility index (Phi) is 12.4. The summed E-state index contributed by atoms with van der Waals surface area (Å²) in [5.74, 6) is 0.557. The molecule has 3 heteroatoms. The number of unbranched alkanes of at least 4 members (excludes halogenated alkanes) is 10. The van der Waals surface area contributed by atoms with Crippen LogP contribution in [0.2, 0.25) is 0 Å². The van der Waals surface area contributed by atoms with Crippen LogP contribution in [-0.4, -0.2) is 19.4 Å². The fourth-order valence-electron chi connectivity index (χ4n) is 3.91. The largest absolute Gasteiger partial charge is 0.229 e. The van der Waals surface area contributed by atoms with E-state index in [1.807, 2.05) is 13.8 Å². The summed E-state index contributed by atoms with van der Waals surface area (Å²) in [6.45, 7) is 12.8. The molecule has 26 heavy (non-hydrogen) atoms. The van der Waals surface area contributed by atoms with E-state index in [4.69, 9.17) is 0 Å². The lowest BCUT2D eigenvalue weighted by molar-refractivity contribution is 0.178. The van der Waals surface area contributed by atoms with Gasteiger partial charge in [-0.25, -0.2) is 8.42 Å². The van der Waals surface area contributed by atoms with Crippen LogP contribution in [0.1, 0.15) is 125 Å². The van der Waals surface area contributed by atoms with Crippen LogP contribution in [0.3, 0.4) is 0 Å². The minimum atomic E-state index is -3.01. The van der Waals surface area contributed by atoms with E-state index >= 15 is 0 Å². The summed E-state index contributed by atoms with van der Waals surface area (Å²) in [6.07, 6.45) is 18.5. The molecule has 0 aromatic carbocycles. The van der Waals surface area contributed by atoms with Crippen molar-refractivity contribution in [1.29, 1.82) is 0 Å². The van der Waals surface area contributed by atoms with Gasteiger partial charge in [0.1, 0.15) is 0 Å². The minimum absolute atomic E-state index is 0.0606. The summed E-state index contributed by atoms with van der Waals surface area (Å²) < 4.78 is 23.4. The van der Waals surface area contributed by atoms with Crippen LogP contribution in [0.4, 0.5) is 0 Å². The number of sulfone groups is 1. The van der Waals surface area contributed by atoms with Gasteiger partial charge in [0, 0.05) is 6.26 Å². The lowest BCUT2D eigenvalue weighted by Gasteiger charge is -2.38. The molecule has 0 amide bonds. The van der Waals surface area contributed by atoms with Gasteiger partial charge in [0.2, 0.25) is 0 Å². The first-order valence-electron chi connectivity index (χ1n) is 11.1. The zero-order valence-corrected chi connectivity index (χ0v) is 19.8. The molecule has 0 fully saturated rings. The van der Waals surface area contributed by atoms with Crippen LogP contribution < -0.4 is 0 Å². The van der Waals surface area contributed by atoms with E-state index < -0.39 is 14.6 Å². The van der Waals surface area contributed by atoms with E-state index in [0.29, 0.717) is 5.92 Å². The second-order valence-electron chi connectivity index (χ2n) is 9.92. The molecule has 0 rings (SSSR count). The molecule has 1 unspecified atom stereocenters. The van der Waals surface area contributed by atoms with Crippen LogP contribution in [-0.2, 0) is 9.84 Å².